The zero-order chi connectivity index (χ0) is 24.1. The van der Waals surface area contributed by atoms with E-state index in [4.69, 9.17) is 9.47 Å². The largest absolute Gasteiger partial charge is 0.497 e. The molecule has 1 fully saturated rings. The van der Waals surface area contributed by atoms with Crippen LogP contribution in [0.1, 0.15) is 39.0 Å². The summed E-state index contributed by atoms with van der Waals surface area (Å²) in [7, 11) is 5.22. The zero-order valence-electron chi connectivity index (χ0n) is 20.2. The average molecular weight is 481 g/mol. The molecule has 34 heavy (non-hydrogen) atoms. The third-order valence-corrected chi connectivity index (χ3v) is 7.44. The second-order valence-electron chi connectivity index (χ2n) is 8.54. The van der Waals surface area contributed by atoms with Gasteiger partial charge >= 0.3 is 0 Å². The fourth-order valence-electron chi connectivity index (χ4n) is 4.46. The predicted octanol–water partition coefficient (Wildman–Crippen LogP) is 5.22. The number of para-hydroxylation sites is 1. The summed E-state index contributed by atoms with van der Waals surface area (Å²) >= 11 is 1.43. The fourth-order valence-corrected chi connectivity index (χ4v) is 5.43. The molecule has 180 valence electrons. The summed E-state index contributed by atoms with van der Waals surface area (Å²) in [4.78, 5) is 15.2. The van der Waals surface area contributed by atoms with Crippen LogP contribution in [0.3, 0.4) is 0 Å². The Morgan fingerprint density at radius 2 is 1.74 bits per heavy atom. The molecule has 1 atom stereocenters. The van der Waals surface area contributed by atoms with Crippen molar-refractivity contribution in [3.8, 4) is 28.6 Å². The quantitative estimate of drug-likeness (QED) is 0.412. The Morgan fingerprint density at radius 1 is 1.03 bits per heavy atom. The number of rotatable bonds is 8. The van der Waals surface area contributed by atoms with E-state index in [1.54, 1.807) is 14.2 Å². The highest BCUT2D eigenvalue weighted by molar-refractivity contribution is 8.00. The van der Waals surface area contributed by atoms with Gasteiger partial charge in [0.1, 0.15) is 11.5 Å². The SMILES string of the molecule is COc1ccc(-n2c(S[C@H](C)C(=O)N(C)C3CCCCC3)nnc2-c2ccccc2OC)cc1. The highest BCUT2D eigenvalue weighted by Crippen LogP contribution is 2.35. The molecule has 1 aromatic heterocycles. The minimum absolute atomic E-state index is 0.125. The minimum atomic E-state index is -0.293. The van der Waals surface area contributed by atoms with Gasteiger partial charge in [-0.25, -0.2) is 0 Å². The number of thioether (sulfide) groups is 1. The highest BCUT2D eigenvalue weighted by Gasteiger charge is 2.28. The molecule has 1 saturated carbocycles. The fraction of sp³-hybridized carbons (Fsp3) is 0.423. The molecular formula is C26H32N4O3S. The third-order valence-electron chi connectivity index (χ3n) is 6.41. The standard InChI is InChI=1S/C26H32N4O3S/c1-18(25(31)29(2)19-10-6-5-7-11-19)34-26-28-27-24(22-12-8-9-13-23(22)33-4)30(26)20-14-16-21(32-3)17-15-20/h8-9,12-19H,5-7,10-11H2,1-4H3/t18-/m1/s1. The average Bonchev–Trinajstić information content (AvgIpc) is 3.31. The van der Waals surface area contributed by atoms with Gasteiger partial charge < -0.3 is 14.4 Å². The van der Waals surface area contributed by atoms with E-state index in [1.807, 2.05) is 72.0 Å². The summed E-state index contributed by atoms with van der Waals surface area (Å²) in [5.41, 5.74) is 1.72. The Hall–Kier alpha value is -3.00. The van der Waals surface area contributed by atoms with Gasteiger partial charge in [-0.1, -0.05) is 43.2 Å². The second-order valence-corrected chi connectivity index (χ2v) is 9.85. The van der Waals surface area contributed by atoms with Crippen LogP contribution in [0.4, 0.5) is 0 Å². The zero-order valence-corrected chi connectivity index (χ0v) is 21.0. The van der Waals surface area contributed by atoms with Gasteiger partial charge in [-0.05, 0) is 56.2 Å². The Balaban J connectivity index is 1.68. The molecule has 1 aliphatic rings. The van der Waals surface area contributed by atoms with E-state index < -0.39 is 0 Å². The number of carbonyl (C=O) groups excluding carboxylic acids is 1. The number of hydrogen-bond donors (Lipinski definition) is 0. The minimum Gasteiger partial charge on any atom is -0.497 e. The van der Waals surface area contributed by atoms with E-state index >= 15 is 0 Å². The molecule has 7 nitrogen and oxygen atoms in total. The lowest BCUT2D eigenvalue weighted by molar-refractivity contribution is -0.131. The van der Waals surface area contributed by atoms with Crippen LogP contribution in [0.15, 0.2) is 53.7 Å². The number of nitrogens with zero attached hydrogens (tertiary/aromatic N) is 4. The normalized spacial score (nSPS) is 15.1. The summed E-state index contributed by atoms with van der Waals surface area (Å²) < 4.78 is 12.9. The maximum Gasteiger partial charge on any atom is 0.235 e. The van der Waals surface area contributed by atoms with Gasteiger partial charge in [0.2, 0.25) is 5.91 Å². The lowest BCUT2D eigenvalue weighted by Crippen LogP contribution is -2.42. The van der Waals surface area contributed by atoms with Crippen LogP contribution in [0.25, 0.3) is 17.1 Å². The van der Waals surface area contributed by atoms with Crippen molar-refractivity contribution >= 4 is 17.7 Å². The van der Waals surface area contributed by atoms with Crippen LogP contribution in [0.5, 0.6) is 11.5 Å². The first-order chi connectivity index (χ1) is 16.5. The van der Waals surface area contributed by atoms with Crippen molar-refractivity contribution in [1.82, 2.24) is 19.7 Å². The van der Waals surface area contributed by atoms with E-state index in [0.717, 1.165) is 29.8 Å². The molecule has 0 radical (unpaired) electrons. The molecule has 0 spiro atoms. The Labute approximate surface area is 205 Å². The summed E-state index contributed by atoms with van der Waals surface area (Å²) in [6, 6.07) is 15.8. The smallest absolute Gasteiger partial charge is 0.235 e. The van der Waals surface area contributed by atoms with Crippen molar-refractivity contribution in [3.63, 3.8) is 0 Å². The van der Waals surface area contributed by atoms with Crippen molar-refractivity contribution < 1.29 is 14.3 Å². The van der Waals surface area contributed by atoms with Gasteiger partial charge in [-0.3, -0.25) is 9.36 Å². The topological polar surface area (TPSA) is 69.5 Å². The number of ether oxygens (including phenoxy) is 2. The van der Waals surface area contributed by atoms with Crippen LogP contribution >= 0.6 is 11.8 Å². The van der Waals surface area contributed by atoms with Crippen molar-refractivity contribution in [3.05, 3.63) is 48.5 Å². The number of amides is 1. The van der Waals surface area contributed by atoms with Crippen LogP contribution in [0.2, 0.25) is 0 Å². The summed E-state index contributed by atoms with van der Waals surface area (Å²) in [6.07, 6.45) is 5.81. The molecule has 1 heterocycles. The summed E-state index contributed by atoms with van der Waals surface area (Å²) in [5.74, 6) is 2.26. The second kappa shape index (κ2) is 11.0. The first-order valence-corrected chi connectivity index (χ1v) is 12.6. The van der Waals surface area contributed by atoms with Crippen molar-refractivity contribution in [2.75, 3.05) is 21.3 Å². The molecule has 8 heteroatoms. The lowest BCUT2D eigenvalue weighted by Gasteiger charge is -2.32. The van der Waals surface area contributed by atoms with Crippen molar-refractivity contribution in [2.24, 2.45) is 0 Å². The van der Waals surface area contributed by atoms with Crippen molar-refractivity contribution in [2.45, 2.75) is 55.5 Å². The predicted molar refractivity (Wildman–Crippen MR) is 135 cm³/mol. The number of hydrogen-bond acceptors (Lipinski definition) is 6. The van der Waals surface area contributed by atoms with Crippen molar-refractivity contribution in [1.29, 1.82) is 0 Å². The molecule has 1 aliphatic carbocycles. The molecule has 0 N–H and O–H groups in total. The summed E-state index contributed by atoms with van der Waals surface area (Å²) in [5, 5.41) is 9.38. The lowest BCUT2D eigenvalue weighted by atomic mass is 9.94. The molecule has 0 bridgehead atoms. The van der Waals surface area contributed by atoms with Gasteiger partial charge in [0.05, 0.1) is 30.7 Å². The van der Waals surface area contributed by atoms with Gasteiger partial charge in [-0.2, -0.15) is 0 Å². The molecular weight excluding hydrogens is 448 g/mol. The number of benzene rings is 2. The molecule has 4 rings (SSSR count). The first-order valence-electron chi connectivity index (χ1n) is 11.7. The van der Waals surface area contributed by atoms with Crippen LogP contribution in [-0.4, -0.2) is 58.1 Å². The number of methoxy groups -OCH3 is 2. The van der Waals surface area contributed by atoms with Crippen LogP contribution in [0, 0.1) is 0 Å². The third kappa shape index (κ3) is 5.06. The molecule has 2 aromatic carbocycles. The Morgan fingerprint density at radius 3 is 2.41 bits per heavy atom. The van der Waals surface area contributed by atoms with Gasteiger partial charge in [0.15, 0.2) is 11.0 Å². The monoisotopic (exact) mass is 480 g/mol. The van der Waals surface area contributed by atoms with Gasteiger partial charge in [0.25, 0.3) is 0 Å². The maximum absolute atomic E-state index is 13.3. The van der Waals surface area contributed by atoms with E-state index in [1.165, 1.54) is 31.0 Å². The number of aromatic nitrogens is 3. The Kier molecular flexibility index (Phi) is 7.77. The summed E-state index contributed by atoms with van der Waals surface area (Å²) in [6.45, 7) is 1.95. The van der Waals surface area contributed by atoms with Gasteiger partial charge in [-0.15, -0.1) is 10.2 Å². The van der Waals surface area contributed by atoms with E-state index in [2.05, 4.69) is 10.2 Å². The van der Waals surface area contributed by atoms with E-state index in [-0.39, 0.29) is 11.2 Å². The number of carbonyl (C=O) groups is 1. The molecule has 0 aliphatic heterocycles. The molecule has 1 amide bonds. The molecule has 0 saturated heterocycles. The maximum atomic E-state index is 13.3. The Bertz CT molecular complexity index is 1110. The van der Waals surface area contributed by atoms with Gasteiger partial charge in [0, 0.05) is 13.1 Å². The van der Waals surface area contributed by atoms with E-state index in [0.29, 0.717) is 22.8 Å². The molecule has 0 unspecified atom stereocenters. The van der Waals surface area contributed by atoms with E-state index in [9.17, 15) is 4.79 Å². The molecule has 3 aromatic rings. The first kappa shape index (κ1) is 24.1. The van der Waals surface area contributed by atoms with Crippen LogP contribution < -0.4 is 9.47 Å². The highest BCUT2D eigenvalue weighted by atomic mass is 32.2. The van der Waals surface area contributed by atoms with Crippen LogP contribution in [-0.2, 0) is 4.79 Å².